The van der Waals surface area contributed by atoms with Crippen LogP contribution in [0.15, 0.2) is 54.9 Å². The maximum absolute atomic E-state index is 13.7. The first kappa shape index (κ1) is 24.6. The fourth-order valence-electron chi connectivity index (χ4n) is 4.62. The van der Waals surface area contributed by atoms with Gasteiger partial charge in [-0.15, -0.1) is 0 Å². The van der Waals surface area contributed by atoms with E-state index in [-0.39, 0.29) is 11.9 Å². The van der Waals surface area contributed by atoms with Crippen molar-refractivity contribution in [3.63, 3.8) is 0 Å². The molecule has 0 aromatic heterocycles. The van der Waals surface area contributed by atoms with Crippen LogP contribution in [0.3, 0.4) is 0 Å². The van der Waals surface area contributed by atoms with Crippen LogP contribution in [0, 0.1) is 12.7 Å². The van der Waals surface area contributed by atoms with Gasteiger partial charge in [-0.25, -0.2) is 4.39 Å². The van der Waals surface area contributed by atoms with Crippen LogP contribution in [0.5, 0.6) is 5.75 Å². The Morgan fingerprint density at radius 1 is 1.15 bits per heavy atom. The van der Waals surface area contributed by atoms with E-state index in [1.54, 1.807) is 6.07 Å². The van der Waals surface area contributed by atoms with Gasteiger partial charge in [0.2, 0.25) is 0 Å². The third-order valence-corrected chi connectivity index (χ3v) is 6.74. The molecule has 0 amide bonds. The Labute approximate surface area is 203 Å². The summed E-state index contributed by atoms with van der Waals surface area (Å²) < 4.78 is 31.0. The van der Waals surface area contributed by atoms with E-state index in [0.29, 0.717) is 31.1 Å². The molecule has 0 N–H and O–H groups in total. The molecule has 2 aromatic rings. The molecule has 184 valence electrons. The molecule has 2 fully saturated rings. The Hall–Kier alpha value is -2.57. The topological polar surface area (TPSA) is 34.2 Å². The van der Waals surface area contributed by atoms with Crippen molar-refractivity contribution in [2.24, 2.45) is 0 Å². The molecular formula is C28H37FN2O3. The predicted octanol–water partition coefficient (Wildman–Crippen LogP) is 5.27. The van der Waals surface area contributed by atoms with Crippen molar-refractivity contribution >= 4 is 0 Å². The summed E-state index contributed by atoms with van der Waals surface area (Å²) in [6, 6.07) is 13.9. The molecule has 2 aliphatic heterocycles. The number of halogens is 1. The van der Waals surface area contributed by atoms with E-state index < -0.39 is 0 Å². The smallest absolute Gasteiger partial charge is 0.182 e. The second-order valence-electron chi connectivity index (χ2n) is 9.65. The number of piperidine rings is 1. The number of hydrogen-bond donors (Lipinski definition) is 0. The van der Waals surface area contributed by atoms with Gasteiger partial charge in [-0.3, -0.25) is 4.90 Å². The van der Waals surface area contributed by atoms with Gasteiger partial charge in [0.15, 0.2) is 5.88 Å². The van der Waals surface area contributed by atoms with Gasteiger partial charge in [0.25, 0.3) is 0 Å². The van der Waals surface area contributed by atoms with Gasteiger partial charge in [-0.05, 0) is 81.1 Å². The quantitative estimate of drug-likeness (QED) is 0.444. The van der Waals surface area contributed by atoms with Gasteiger partial charge in [0.05, 0.1) is 25.4 Å². The Morgan fingerprint density at radius 3 is 2.44 bits per heavy atom. The zero-order valence-electron chi connectivity index (χ0n) is 20.6. The van der Waals surface area contributed by atoms with Crippen LogP contribution in [0.4, 0.5) is 4.39 Å². The summed E-state index contributed by atoms with van der Waals surface area (Å²) in [6.07, 6.45) is 2.23. The van der Waals surface area contributed by atoms with Crippen molar-refractivity contribution in [2.45, 2.75) is 65.0 Å². The molecule has 2 aliphatic rings. The molecule has 0 saturated carbocycles. The third kappa shape index (κ3) is 6.30. The van der Waals surface area contributed by atoms with Crippen molar-refractivity contribution in [2.75, 3.05) is 26.3 Å². The Balaban J connectivity index is 1.41. The summed E-state index contributed by atoms with van der Waals surface area (Å²) in [6.45, 7) is 15.2. The van der Waals surface area contributed by atoms with E-state index in [2.05, 4.69) is 16.4 Å². The highest BCUT2D eigenvalue weighted by atomic mass is 19.1. The molecule has 0 bridgehead atoms. The van der Waals surface area contributed by atoms with Crippen LogP contribution in [0.25, 0.3) is 0 Å². The van der Waals surface area contributed by atoms with Crippen LogP contribution in [-0.2, 0) is 22.6 Å². The first-order chi connectivity index (χ1) is 16.4. The lowest BCUT2D eigenvalue weighted by Crippen LogP contribution is -2.54. The van der Waals surface area contributed by atoms with Gasteiger partial charge >= 0.3 is 0 Å². The minimum atomic E-state index is -0.205. The lowest BCUT2D eigenvalue weighted by atomic mass is 9.99. The summed E-state index contributed by atoms with van der Waals surface area (Å²) in [7, 11) is 0. The number of benzene rings is 2. The van der Waals surface area contributed by atoms with Crippen molar-refractivity contribution in [1.29, 1.82) is 0 Å². The monoisotopic (exact) mass is 468 g/mol. The van der Waals surface area contributed by atoms with Crippen LogP contribution >= 0.6 is 0 Å². The molecular weight excluding hydrogens is 431 g/mol. The van der Waals surface area contributed by atoms with Crippen molar-refractivity contribution in [1.82, 2.24) is 9.80 Å². The number of ether oxygens (including phenoxy) is 3. The molecule has 6 heteroatoms. The summed E-state index contributed by atoms with van der Waals surface area (Å²) in [5.41, 5.74) is 3.11. The highest BCUT2D eigenvalue weighted by molar-refractivity contribution is 5.28. The van der Waals surface area contributed by atoms with Crippen molar-refractivity contribution in [3.05, 3.63) is 77.4 Å². The summed E-state index contributed by atoms with van der Waals surface area (Å²) in [5.74, 6) is 1.31. The summed E-state index contributed by atoms with van der Waals surface area (Å²) in [5, 5.41) is 0. The first-order valence-corrected chi connectivity index (χ1v) is 12.3. The fourth-order valence-corrected chi connectivity index (χ4v) is 4.62. The maximum atomic E-state index is 13.7. The maximum Gasteiger partial charge on any atom is 0.182 e. The summed E-state index contributed by atoms with van der Waals surface area (Å²) >= 11 is 0. The third-order valence-electron chi connectivity index (χ3n) is 6.74. The van der Waals surface area contributed by atoms with Crippen LogP contribution in [0.2, 0.25) is 0 Å². The standard InChI is InChI=1S/C28H37FN2O3/c1-20(2)34-28-9-5-23(6-10-28)17-33-22(4)31(16-24-7-8-25(29)15-21(24)3)26-11-13-30(14-12-26)27-18-32-19-27/h5-10,15,20,26-27H,4,11-14,16-19H2,1-3H3. The van der Waals surface area contributed by atoms with Crippen LogP contribution in [0.1, 0.15) is 43.4 Å². The van der Waals surface area contributed by atoms with Gasteiger partial charge in [-0.2, -0.15) is 0 Å². The Kier molecular flexibility index (Phi) is 8.11. The molecule has 5 nitrogen and oxygen atoms in total. The molecule has 4 rings (SSSR count). The van der Waals surface area contributed by atoms with Gasteiger partial charge in [0, 0.05) is 25.7 Å². The molecule has 0 atom stereocenters. The van der Waals surface area contributed by atoms with E-state index in [9.17, 15) is 4.39 Å². The van der Waals surface area contributed by atoms with E-state index in [1.807, 2.05) is 51.1 Å². The predicted molar refractivity (Wildman–Crippen MR) is 132 cm³/mol. The second kappa shape index (κ2) is 11.2. The number of likely N-dealkylation sites (tertiary alicyclic amines) is 1. The normalized spacial score (nSPS) is 17.4. The van der Waals surface area contributed by atoms with E-state index in [0.717, 1.165) is 61.6 Å². The van der Waals surface area contributed by atoms with Gasteiger partial charge in [-0.1, -0.05) is 18.2 Å². The second-order valence-corrected chi connectivity index (χ2v) is 9.65. The fraction of sp³-hybridized carbons (Fsp3) is 0.500. The zero-order valence-corrected chi connectivity index (χ0v) is 20.6. The molecule has 34 heavy (non-hydrogen) atoms. The zero-order chi connectivity index (χ0) is 24.1. The lowest BCUT2D eigenvalue weighted by Gasteiger charge is -2.44. The Morgan fingerprint density at radius 2 is 1.85 bits per heavy atom. The number of aryl methyl sites for hydroxylation is 1. The molecule has 0 unspecified atom stereocenters. The summed E-state index contributed by atoms with van der Waals surface area (Å²) in [4.78, 5) is 4.80. The molecule has 0 spiro atoms. The average molecular weight is 469 g/mol. The van der Waals surface area contributed by atoms with Crippen molar-refractivity contribution in [3.8, 4) is 5.75 Å². The van der Waals surface area contributed by atoms with Crippen molar-refractivity contribution < 1.29 is 18.6 Å². The van der Waals surface area contributed by atoms with E-state index in [1.165, 1.54) is 6.07 Å². The van der Waals surface area contributed by atoms with Gasteiger partial charge < -0.3 is 19.1 Å². The largest absolute Gasteiger partial charge is 0.491 e. The lowest BCUT2D eigenvalue weighted by molar-refractivity contribution is -0.0775. The highest BCUT2D eigenvalue weighted by Crippen LogP contribution is 2.27. The molecule has 2 saturated heterocycles. The van der Waals surface area contributed by atoms with E-state index in [4.69, 9.17) is 14.2 Å². The number of nitrogens with zero attached hydrogens (tertiary/aromatic N) is 2. The minimum Gasteiger partial charge on any atom is -0.491 e. The number of hydrogen-bond acceptors (Lipinski definition) is 5. The SMILES string of the molecule is C=C(OCc1ccc(OC(C)C)cc1)N(Cc1ccc(F)cc1C)C1CCN(C2COC2)CC1. The highest BCUT2D eigenvalue weighted by Gasteiger charge is 2.32. The average Bonchev–Trinajstić information content (AvgIpc) is 2.77. The molecule has 2 aromatic carbocycles. The van der Waals surface area contributed by atoms with Gasteiger partial charge in [0.1, 0.15) is 18.2 Å². The van der Waals surface area contributed by atoms with Crippen LogP contribution < -0.4 is 4.74 Å². The number of rotatable bonds is 10. The Bertz CT molecular complexity index is 951. The molecule has 2 heterocycles. The first-order valence-electron chi connectivity index (χ1n) is 12.3. The van der Waals surface area contributed by atoms with E-state index >= 15 is 0 Å². The molecule has 0 radical (unpaired) electrons. The molecule has 0 aliphatic carbocycles. The van der Waals surface area contributed by atoms with Crippen LogP contribution in [-0.4, -0.2) is 54.3 Å². The minimum absolute atomic E-state index is 0.147.